The molecule has 78 valence electrons. The molecule has 1 aromatic heterocycles. The Morgan fingerprint density at radius 3 is 3.29 bits per heavy atom. The number of thiazole rings is 1. The van der Waals surface area contributed by atoms with Gasteiger partial charge in [-0.1, -0.05) is 11.6 Å². The fourth-order valence-electron chi connectivity index (χ4n) is 1.56. The van der Waals surface area contributed by atoms with E-state index in [-0.39, 0.29) is 6.10 Å². The molecule has 5 heteroatoms. The van der Waals surface area contributed by atoms with E-state index in [9.17, 15) is 0 Å². The number of hydrogen-bond acceptors (Lipinski definition) is 4. The first kappa shape index (κ1) is 10.2. The van der Waals surface area contributed by atoms with Gasteiger partial charge in [-0.05, 0) is 13.3 Å². The maximum atomic E-state index is 5.80. The lowest BCUT2D eigenvalue weighted by molar-refractivity contribution is 0.0821. The fraction of sp³-hybridized carbons (Fsp3) is 0.667. The lowest BCUT2D eigenvalue weighted by atomic mass is 10.4. The minimum absolute atomic E-state index is 0.278. The molecular weight excluding hydrogens is 220 g/mol. The zero-order chi connectivity index (χ0) is 9.97. The standard InChI is InChI=1S/C9H13ClN2OS/c1-7-5-12(3-2-4-13-7)9-11-8(10)6-14-9/h6-7H,2-5H2,1H3. The van der Waals surface area contributed by atoms with Gasteiger partial charge in [0.25, 0.3) is 0 Å². The van der Waals surface area contributed by atoms with Gasteiger partial charge in [0.05, 0.1) is 6.10 Å². The Morgan fingerprint density at radius 2 is 2.57 bits per heavy atom. The van der Waals surface area contributed by atoms with E-state index < -0.39 is 0 Å². The van der Waals surface area contributed by atoms with Crippen LogP contribution in [0, 0.1) is 0 Å². The van der Waals surface area contributed by atoms with E-state index >= 15 is 0 Å². The van der Waals surface area contributed by atoms with Gasteiger partial charge < -0.3 is 9.64 Å². The third-order valence-electron chi connectivity index (χ3n) is 2.19. The first-order chi connectivity index (χ1) is 6.75. The van der Waals surface area contributed by atoms with Gasteiger partial charge in [0.2, 0.25) is 0 Å². The second kappa shape index (κ2) is 4.47. The summed E-state index contributed by atoms with van der Waals surface area (Å²) in [5.41, 5.74) is 0. The lowest BCUT2D eigenvalue weighted by Gasteiger charge is -2.20. The Kier molecular flexibility index (Phi) is 3.26. The summed E-state index contributed by atoms with van der Waals surface area (Å²) >= 11 is 7.39. The van der Waals surface area contributed by atoms with Crippen LogP contribution in [0.3, 0.4) is 0 Å². The molecule has 0 bridgehead atoms. The summed E-state index contributed by atoms with van der Waals surface area (Å²) in [5, 5.41) is 3.46. The third kappa shape index (κ3) is 2.38. The van der Waals surface area contributed by atoms with Crippen LogP contribution in [0.4, 0.5) is 5.13 Å². The number of aromatic nitrogens is 1. The molecule has 0 saturated carbocycles. The second-order valence-corrected chi connectivity index (χ2v) is 4.66. The molecule has 1 unspecified atom stereocenters. The molecule has 0 N–H and O–H groups in total. The molecule has 1 aliphatic rings. The maximum absolute atomic E-state index is 5.80. The van der Waals surface area contributed by atoms with E-state index in [2.05, 4.69) is 16.8 Å². The first-order valence-electron chi connectivity index (χ1n) is 4.73. The Hall–Kier alpha value is -0.320. The minimum atomic E-state index is 0.278. The molecule has 0 spiro atoms. The van der Waals surface area contributed by atoms with Crippen molar-refractivity contribution in [1.82, 2.24) is 4.98 Å². The Morgan fingerprint density at radius 1 is 1.71 bits per heavy atom. The first-order valence-corrected chi connectivity index (χ1v) is 5.99. The molecule has 0 aliphatic carbocycles. The minimum Gasteiger partial charge on any atom is -0.377 e. The lowest BCUT2D eigenvalue weighted by Crippen LogP contribution is -2.29. The summed E-state index contributed by atoms with van der Waals surface area (Å²) in [5.74, 6) is 0. The summed E-state index contributed by atoms with van der Waals surface area (Å²) in [6, 6.07) is 0. The van der Waals surface area contributed by atoms with Crippen LogP contribution in [0.15, 0.2) is 5.38 Å². The van der Waals surface area contributed by atoms with Gasteiger partial charge in [0.1, 0.15) is 5.15 Å². The SMILES string of the molecule is CC1CN(c2nc(Cl)cs2)CCCO1. The van der Waals surface area contributed by atoms with Gasteiger partial charge in [0.15, 0.2) is 5.13 Å². The van der Waals surface area contributed by atoms with Gasteiger partial charge in [-0.3, -0.25) is 0 Å². The van der Waals surface area contributed by atoms with Gasteiger partial charge in [-0.15, -0.1) is 11.3 Å². The molecule has 0 aromatic carbocycles. The average molecular weight is 233 g/mol. The van der Waals surface area contributed by atoms with Crippen molar-refractivity contribution in [3.8, 4) is 0 Å². The topological polar surface area (TPSA) is 25.4 Å². The molecule has 0 amide bonds. The van der Waals surface area contributed by atoms with Crippen LogP contribution in [0.25, 0.3) is 0 Å². The van der Waals surface area contributed by atoms with Crippen LogP contribution in [-0.2, 0) is 4.74 Å². The van der Waals surface area contributed by atoms with Crippen LogP contribution >= 0.6 is 22.9 Å². The van der Waals surface area contributed by atoms with Crippen molar-refractivity contribution in [1.29, 1.82) is 0 Å². The summed E-state index contributed by atoms with van der Waals surface area (Å²) < 4.78 is 5.56. The van der Waals surface area contributed by atoms with Gasteiger partial charge in [-0.25, -0.2) is 4.98 Å². The summed E-state index contributed by atoms with van der Waals surface area (Å²) in [6.07, 6.45) is 1.34. The van der Waals surface area contributed by atoms with E-state index in [1.807, 2.05) is 5.38 Å². The summed E-state index contributed by atoms with van der Waals surface area (Å²) in [4.78, 5) is 6.51. The number of hydrogen-bond donors (Lipinski definition) is 0. The molecule has 14 heavy (non-hydrogen) atoms. The third-order valence-corrected chi connectivity index (χ3v) is 3.41. The summed E-state index contributed by atoms with van der Waals surface area (Å²) in [6.45, 7) is 4.85. The van der Waals surface area contributed by atoms with Crippen molar-refractivity contribution in [2.45, 2.75) is 19.4 Å². The molecular formula is C9H13ClN2OS. The zero-order valence-electron chi connectivity index (χ0n) is 8.07. The van der Waals surface area contributed by atoms with E-state index in [1.54, 1.807) is 11.3 Å². The monoisotopic (exact) mass is 232 g/mol. The van der Waals surface area contributed by atoms with Crippen LogP contribution in [-0.4, -0.2) is 30.8 Å². The molecule has 3 nitrogen and oxygen atoms in total. The van der Waals surface area contributed by atoms with E-state index in [0.29, 0.717) is 5.15 Å². The van der Waals surface area contributed by atoms with Gasteiger partial charge in [0, 0.05) is 25.1 Å². The van der Waals surface area contributed by atoms with Crippen molar-refractivity contribution in [2.24, 2.45) is 0 Å². The quantitative estimate of drug-likeness (QED) is 0.744. The smallest absolute Gasteiger partial charge is 0.186 e. The molecule has 2 heterocycles. The Balaban J connectivity index is 2.08. The Bertz CT molecular complexity index is 305. The zero-order valence-corrected chi connectivity index (χ0v) is 9.64. The van der Waals surface area contributed by atoms with Crippen LogP contribution in [0.2, 0.25) is 5.15 Å². The molecule has 0 radical (unpaired) electrons. The highest BCUT2D eigenvalue weighted by Gasteiger charge is 2.17. The Labute approximate surface area is 92.7 Å². The molecule has 1 saturated heterocycles. The number of nitrogens with zero attached hydrogens (tertiary/aromatic N) is 2. The van der Waals surface area contributed by atoms with Crippen molar-refractivity contribution >= 4 is 28.1 Å². The number of rotatable bonds is 1. The highest BCUT2D eigenvalue weighted by molar-refractivity contribution is 7.14. The molecule has 1 aliphatic heterocycles. The van der Waals surface area contributed by atoms with E-state index in [1.165, 1.54) is 0 Å². The van der Waals surface area contributed by atoms with Gasteiger partial charge in [-0.2, -0.15) is 0 Å². The molecule has 1 atom stereocenters. The highest BCUT2D eigenvalue weighted by atomic mass is 35.5. The van der Waals surface area contributed by atoms with Gasteiger partial charge >= 0.3 is 0 Å². The number of halogens is 1. The average Bonchev–Trinajstić information content (AvgIpc) is 2.45. The number of ether oxygens (including phenoxy) is 1. The predicted molar refractivity (Wildman–Crippen MR) is 59.4 cm³/mol. The van der Waals surface area contributed by atoms with Crippen molar-refractivity contribution in [2.75, 3.05) is 24.6 Å². The van der Waals surface area contributed by atoms with E-state index in [4.69, 9.17) is 16.3 Å². The maximum Gasteiger partial charge on any atom is 0.186 e. The normalized spacial score (nSPS) is 23.6. The van der Waals surface area contributed by atoms with E-state index in [0.717, 1.165) is 31.2 Å². The predicted octanol–water partition coefficient (Wildman–Crippen LogP) is 2.41. The van der Waals surface area contributed by atoms with Crippen LogP contribution in [0.1, 0.15) is 13.3 Å². The van der Waals surface area contributed by atoms with Crippen molar-refractivity contribution in [3.63, 3.8) is 0 Å². The molecule has 2 rings (SSSR count). The second-order valence-electron chi connectivity index (χ2n) is 3.43. The number of anilines is 1. The van der Waals surface area contributed by atoms with Crippen LogP contribution in [0.5, 0.6) is 0 Å². The molecule has 1 aromatic rings. The van der Waals surface area contributed by atoms with Crippen molar-refractivity contribution < 1.29 is 4.74 Å². The summed E-state index contributed by atoms with van der Waals surface area (Å²) in [7, 11) is 0. The van der Waals surface area contributed by atoms with Crippen molar-refractivity contribution in [3.05, 3.63) is 10.5 Å². The highest BCUT2D eigenvalue weighted by Crippen LogP contribution is 2.24. The van der Waals surface area contributed by atoms with Crippen LogP contribution < -0.4 is 4.90 Å². The molecule has 1 fully saturated rings. The fourth-order valence-corrected chi connectivity index (χ4v) is 2.54. The largest absolute Gasteiger partial charge is 0.377 e.